The normalized spacial score (nSPS) is 20.0. The molecule has 0 saturated carbocycles. The molecule has 1 aliphatic heterocycles. The van der Waals surface area contributed by atoms with Crippen LogP contribution < -0.4 is 14.9 Å². The smallest absolute Gasteiger partial charge is 0.388 e. The van der Waals surface area contributed by atoms with Gasteiger partial charge in [-0.1, -0.05) is 28.4 Å². The standard InChI is InChI=1S/C18H20Cl2F3N5O3/c1-18(2)14(25-29-5)16(28(4)26-18)30-11-6-8(10(21)7-9(11)19)13-12(20)15(27(3)24-13)31-17(22)23/h6-7,16-17,26H,1-5H3. The second kappa shape index (κ2) is 8.73. The number of ether oxygens (including phenoxy) is 2. The Kier molecular flexibility index (Phi) is 6.61. The molecule has 31 heavy (non-hydrogen) atoms. The summed E-state index contributed by atoms with van der Waals surface area (Å²) in [6, 6.07) is 2.30. The third-order valence-corrected chi connectivity index (χ3v) is 5.16. The number of hydrogen-bond acceptors (Lipinski definition) is 7. The van der Waals surface area contributed by atoms with Crippen molar-refractivity contribution in [3.63, 3.8) is 0 Å². The fourth-order valence-corrected chi connectivity index (χ4v) is 3.73. The van der Waals surface area contributed by atoms with E-state index in [1.54, 1.807) is 12.1 Å². The Morgan fingerprint density at radius 2 is 1.94 bits per heavy atom. The van der Waals surface area contributed by atoms with Crippen molar-refractivity contribution >= 4 is 28.9 Å². The summed E-state index contributed by atoms with van der Waals surface area (Å²) in [6.07, 6.45) is -0.734. The van der Waals surface area contributed by atoms with Crippen LogP contribution in [0.1, 0.15) is 13.8 Å². The quantitative estimate of drug-likeness (QED) is 0.626. The second-order valence-electron chi connectivity index (χ2n) is 7.21. The predicted octanol–water partition coefficient (Wildman–Crippen LogP) is 4.07. The maximum absolute atomic E-state index is 14.7. The maximum atomic E-state index is 14.7. The molecular weight excluding hydrogens is 462 g/mol. The number of benzene rings is 1. The fraction of sp³-hybridized carbons (Fsp3) is 0.444. The zero-order valence-electron chi connectivity index (χ0n) is 17.2. The maximum Gasteiger partial charge on any atom is 0.388 e. The highest BCUT2D eigenvalue weighted by Crippen LogP contribution is 2.40. The molecule has 1 atom stereocenters. The van der Waals surface area contributed by atoms with Crippen LogP contribution in [0.15, 0.2) is 17.3 Å². The number of oxime groups is 1. The van der Waals surface area contributed by atoms with Crippen molar-refractivity contribution < 1.29 is 27.5 Å². The van der Waals surface area contributed by atoms with Gasteiger partial charge in [-0.05, 0) is 26.0 Å². The molecule has 1 aliphatic rings. The van der Waals surface area contributed by atoms with Crippen molar-refractivity contribution in [2.75, 3.05) is 14.2 Å². The average molecular weight is 482 g/mol. The second-order valence-corrected chi connectivity index (χ2v) is 7.99. The summed E-state index contributed by atoms with van der Waals surface area (Å²) < 4.78 is 51.4. The Morgan fingerprint density at radius 3 is 2.55 bits per heavy atom. The molecule has 0 bridgehead atoms. The molecule has 1 unspecified atom stereocenters. The zero-order chi connectivity index (χ0) is 23.1. The molecular formula is C18H20Cl2F3N5O3. The van der Waals surface area contributed by atoms with Crippen LogP contribution in [0.4, 0.5) is 13.2 Å². The van der Waals surface area contributed by atoms with Gasteiger partial charge in [0, 0.05) is 19.7 Å². The van der Waals surface area contributed by atoms with Crippen molar-refractivity contribution in [3.05, 3.63) is 28.0 Å². The Bertz CT molecular complexity index is 1020. The van der Waals surface area contributed by atoms with Gasteiger partial charge < -0.3 is 14.3 Å². The summed E-state index contributed by atoms with van der Waals surface area (Å²) in [5, 5.41) is 9.39. The Labute approximate surface area is 186 Å². The summed E-state index contributed by atoms with van der Waals surface area (Å²) in [6.45, 7) is 0.628. The van der Waals surface area contributed by atoms with Gasteiger partial charge in [0.2, 0.25) is 12.1 Å². The van der Waals surface area contributed by atoms with Gasteiger partial charge in [-0.2, -0.15) is 13.9 Å². The van der Waals surface area contributed by atoms with Gasteiger partial charge in [0.15, 0.2) is 0 Å². The summed E-state index contributed by atoms with van der Waals surface area (Å²) in [5.74, 6) is -1.08. The summed E-state index contributed by atoms with van der Waals surface area (Å²) >= 11 is 12.3. The molecule has 1 N–H and O–H groups in total. The first-order valence-electron chi connectivity index (χ1n) is 8.91. The van der Waals surface area contributed by atoms with Crippen LogP contribution in [0.3, 0.4) is 0 Å². The minimum Gasteiger partial charge on any atom is -0.467 e. The lowest BCUT2D eigenvalue weighted by Crippen LogP contribution is -2.42. The van der Waals surface area contributed by atoms with Gasteiger partial charge in [0.05, 0.1) is 10.6 Å². The number of aromatic nitrogens is 2. The number of aryl methyl sites for hydroxylation is 1. The molecule has 2 heterocycles. The van der Waals surface area contributed by atoms with Crippen molar-refractivity contribution in [1.29, 1.82) is 0 Å². The Hall–Kier alpha value is -2.21. The number of alkyl halides is 2. The van der Waals surface area contributed by atoms with Crippen LogP contribution in [0.25, 0.3) is 11.3 Å². The van der Waals surface area contributed by atoms with Crippen LogP contribution in [0.5, 0.6) is 11.6 Å². The molecule has 2 aromatic rings. The van der Waals surface area contributed by atoms with E-state index in [0.29, 0.717) is 5.71 Å². The van der Waals surface area contributed by atoms with Gasteiger partial charge in [-0.15, -0.1) is 0 Å². The molecule has 0 aliphatic carbocycles. The molecule has 3 rings (SSSR count). The SMILES string of the molecule is CON=C1C(Oc2cc(-c3nn(C)c(OC(F)F)c3Cl)c(F)cc2Cl)N(C)NC1(C)C. The van der Waals surface area contributed by atoms with Gasteiger partial charge in [0.25, 0.3) is 0 Å². The van der Waals surface area contributed by atoms with Crippen LogP contribution in [-0.2, 0) is 11.9 Å². The third-order valence-electron chi connectivity index (χ3n) is 4.53. The van der Waals surface area contributed by atoms with Gasteiger partial charge in [-0.25, -0.2) is 19.5 Å². The van der Waals surface area contributed by atoms with Gasteiger partial charge in [-0.3, -0.25) is 0 Å². The van der Waals surface area contributed by atoms with Crippen molar-refractivity contribution in [2.45, 2.75) is 32.2 Å². The van der Waals surface area contributed by atoms with E-state index in [2.05, 4.69) is 20.4 Å². The first-order chi connectivity index (χ1) is 14.5. The monoisotopic (exact) mass is 481 g/mol. The topological polar surface area (TPSA) is 73.1 Å². The van der Waals surface area contributed by atoms with E-state index in [0.717, 1.165) is 10.7 Å². The minimum atomic E-state index is -3.12. The summed E-state index contributed by atoms with van der Waals surface area (Å²) in [7, 11) is 4.48. The largest absolute Gasteiger partial charge is 0.467 e. The molecule has 13 heteroatoms. The molecule has 0 spiro atoms. The first kappa shape index (κ1) is 23.5. The first-order valence-corrected chi connectivity index (χ1v) is 9.67. The number of nitrogens with one attached hydrogen (secondary N) is 1. The van der Waals surface area contributed by atoms with Crippen LogP contribution in [0, 0.1) is 5.82 Å². The van der Waals surface area contributed by atoms with Gasteiger partial charge in [0.1, 0.15) is 35.1 Å². The lowest BCUT2D eigenvalue weighted by Gasteiger charge is -2.21. The number of halogens is 5. The molecule has 1 aromatic heterocycles. The molecule has 1 saturated heterocycles. The molecule has 0 amide bonds. The lowest BCUT2D eigenvalue weighted by molar-refractivity contribution is -0.0552. The molecule has 1 aromatic carbocycles. The van der Waals surface area contributed by atoms with E-state index in [4.69, 9.17) is 32.8 Å². The highest BCUT2D eigenvalue weighted by molar-refractivity contribution is 6.34. The van der Waals surface area contributed by atoms with E-state index in [1.807, 2.05) is 13.8 Å². The third kappa shape index (κ3) is 4.54. The molecule has 8 nitrogen and oxygen atoms in total. The molecule has 0 radical (unpaired) electrons. The Morgan fingerprint density at radius 1 is 1.26 bits per heavy atom. The van der Waals surface area contributed by atoms with Crippen molar-refractivity contribution in [1.82, 2.24) is 20.2 Å². The van der Waals surface area contributed by atoms with E-state index >= 15 is 0 Å². The number of hydrazine groups is 1. The van der Waals surface area contributed by atoms with Crippen LogP contribution in [0.2, 0.25) is 10.0 Å². The van der Waals surface area contributed by atoms with E-state index < -0.39 is 30.1 Å². The van der Waals surface area contributed by atoms with Crippen LogP contribution in [-0.4, -0.2) is 53.0 Å². The van der Waals surface area contributed by atoms with E-state index in [-0.39, 0.29) is 27.1 Å². The highest BCUT2D eigenvalue weighted by Gasteiger charge is 2.45. The number of rotatable bonds is 6. The fourth-order valence-electron chi connectivity index (χ4n) is 3.23. The van der Waals surface area contributed by atoms with E-state index in [9.17, 15) is 13.2 Å². The predicted molar refractivity (Wildman–Crippen MR) is 109 cm³/mol. The van der Waals surface area contributed by atoms with E-state index in [1.165, 1.54) is 20.2 Å². The van der Waals surface area contributed by atoms with Gasteiger partial charge >= 0.3 is 6.61 Å². The number of nitrogens with zero attached hydrogens (tertiary/aromatic N) is 4. The highest BCUT2D eigenvalue weighted by atomic mass is 35.5. The van der Waals surface area contributed by atoms with Crippen molar-refractivity contribution in [3.8, 4) is 22.9 Å². The Balaban J connectivity index is 2.03. The zero-order valence-corrected chi connectivity index (χ0v) is 18.7. The summed E-state index contributed by atoms with van der Waals surface area (Å²) in [5.41, 5.74) is 2.88. The number of hydrogen-bond donors (Lipinski definition) is 1. The minimum absolute atomic E-state index is 0.0211. The molecule has 1 fully saturated rings. The summed E-state index contributed by atoms with van der Waals surface area (Å²) in [4.78, 5) is 4.93. The molecule has 170 valence electrons. The van der Waals surface area contributed by atoms with Crippen molar-refractivity contribution in [2.24, 2.45) is 12.2 Å². The lowest BCUT2D eigenvalue weighted by atomic mass is 10.0. The van der Waals surface area contributed by atoms with Crippen LogP contribution >= 0.6 is 23.2 Å². The average Bonchev–Trinajstić information content (AvgIpc) is 3.04.